The minimum atomic E-state index is 0.905. The maximum Gasteiger partial charge on any atom is 0.118 e. The lowest BCUT2D eigenvalue weighted by atomic mass is 10.1. The van der Waals surface area contributed by atoms with Crippen LogP contribution in [0, 0.1) is 0 Å². The van der Waals surface area contributed by atoms with E-state index in [1.807, 2.05) is 31.2 Å². The van der Waals surface area contributed by atoms with Gasteiger partial charge in [-0.3, -0.25) is 0 Å². The third-order valence-corrected chi connectivity index (χ3v) is 4.00. The molecule has 1 aromatic heterocycles. The van der Waals surface area contributed by atoms with Crippen LogP contribution >= 0.6 is 11.8 Å². The van der Waals surface area contributed by atoms with Crippen LogP contribution in [-0.4, -0.2) is 9.55 Å². The van der Waals surface area contributed by atoms with Gasteiger partial charge in [0.05, 0.1) is 5.75 Å². The normalized spacial score (nSPS) is 10.9. The van der Waals surface area contributed by atoms with Gasteiger partial charge in [-0.2, -0.15) is 0 Å². The summed E-state index contributed by atoms with van der Waals surface area (Å²) in [4.78, 5) is 5.62. The Morgan fingerprint density at radius 1 is 1.11 bits per heavy atom. The van der Waals surface area contributed by atoms with E-state index >= 15 is 0 Å². The Balaban J connectivity index is 1.81. The van der Waals surface area contributed by atoms with Gasteiger partial charge in [-0.25, -0.2) is 4.98 Å². The van der Waals surface area contributed by atoms with Crippen LogP contribution in [-0.2, 0) is 12.8 Å². The van der Waals surface area contributed by atoms with E-state index in [9.17, 15) is 0 Å². The number of nitrogens with zero attached hydrogens (tertiary/aromatic N) is 2. The van der Waals surface area contributed by atoms with Gasteiger partial charge in [0, 0.05) is 24.3 Å². The van der Waals surface area contributed by atoms with E-state index in [-0.39, 0.29) is 0 Å². The molecule has 0 radical (unpaired) electrons. The molecule has 2 nitrogen and oxygen atoms in total. The Kier molecular flexibility index (Phi) is 3.07. The fourth-order valence-corrected chi connectivity index (χ4v) is 2.89. The minimum absolute atomic E-state index is 0.905. The summed E-state index contributed by atoms with van der Waals surface area (Å²) in [6.45, 7) is 0. The molecule has 2 aromatic carbocycles. The number of hydrogen-bond donors (Lipinski definition) is 0. The van der Waals surface area contributed by atoms with Gasteiger partial charge in [-0.05, 0) is 22.9 Å². The fraction of sp³-hybridized carbons (Fsp3) is 0.133. The SMILES string of the molecule is Cn1ccnc1CSc1ccc2ccccc2c1. The van der Waals surface area contributed by atoms with Crippen molar-refractivity contribution in [1.82, 2.24) is 9.55 Å². The molecular formula is C15H14N2S. The molecule has 3 heteroatoms. The van der Waals surface area contributed by atoms with Gasteiger partial charge in [0.2, 0.25) is 0 Å². The third kappa shape index (κ3) is 2.27. The second-order valence-electron chi connectivity index (χ2n) is 4.25. The van der Waals surface area contributed by atoms with Crippen LogP contribution in [0.4, 0.5) is 0 Å². The van der Waals surface area contributed by atoms with E-state index in [0.29, 0.717) is 0 Å². The number of hydrogen-bond acceptors (Lipinski definition) is 2. The highest BCUT2D eigenvalue weighted by Gasteiger charge is 2.01. The van der Waals surface area contributed by atoms with E-state index in [4.69, 9.17) is 0 Å². The summed E-state index contributed by atoms with van der Waals surface area (Å²) >= 11 is 1.82. The number of imidazole rings is 1. The molecule has 0 aliphatic carbocycles. The second-order valence-corrected chi connectivity index (χ2v) is 5.30. The van der Waals surface area contributed by atoms with Gasteiger partial charge in [0.25, 0.3) is 0 Å². The summed E-state index contributed by atoms with van der Waals surface area (Å²) in [5.74, 6) is 2.01. The predicted octanol–water partition coefficient (Wildman–Crippen LogP) is 3.87. The molecule has 0 unspecified atom stereocenters. The number of aromatic nitrogens is 2. The Hall–Kier alpha value is -1.74. The fourth-order valence-electron chi connectivity index (χ4n) is 1.94. The number of aryl methyl sites for hydroxylation is 1. The third-order valence-electron chi connectivity index (χ3n) is 3.01. The maximum atomic E-state index is 4.34. The van der Waals surface area contributed by atoms with Crippen molar-refractivity contribution in [2.75, 3.05) is 0 Å². The highest BCUT2D eigenvalue weighted by molar-refractivity contribution is 7.98. The molecule has 3 aromatic rings. The summed E-state index contributed by atoms with van der Waals surface area (Å²) in [5.41, 5.74) is 0. The van der Waals surface area contributed by atoms with Gasteiger partial charge in [-0.1, -0.05) is 30.3 Å². The summed E-state index contributed by atoms with van der Waals surface area (Å²) in [6.07, 6.45) is 3.83. The standard InChI is InChI=1S/C15H14N2S/c1-17-9-8-16-15(17)11-18-14-7-6-12-4-2-3-5-13(12)10-14/h2-10H,11H2,1H3. The Labute approximate surface area is 111 Å². The average Bonchev–Trinajstić information content (AvgIpc) is 2.82. The topological polar surface area (TPSA) is 17.8 Å². The quantitative estimate of drug-likeness (QED) is 0.660. The first-order valence-electron chi connectivity index (χ1n) is 5.91. The van der Waals surface area contributed by atoms with Gasteiger partial charge in [0.1, 0.15) is 5.82 Å². The number of benzene rings is 2. The Morgan fingerprint density at radius 3 is 2.72 bits per heavy atom. The molecule has 0 aliphatic rings. The smallest absolute Gasteiger partial charge is 0.118 e. The largest absolute Gasteiger partial charge is 0.337 e. The first-order chi connectivity index (χ1) is 8.83. The number of rotatable bonds is 3. The molecule has 0 saturated carbocycles. The van der Waals surface area contributed by atoms with E-state index < -0.39 is 0 Å². The Bertz CT molecular complexity index is 673. The summed E-state index contributed by atoms with van der Waals surface area (Å²) in [5, 5.41) is 2.58. The highest BCUT2D eigenvalue weighted by atomic mass is 32.2. The lowest BCUT2D eigenvalue weighted by Crippen LogP contribution is -1.94. The van der Waals surface area contributed by atoms with Crippen LogP contribution in [0.1, 0.15) is 5.82 Å². The molecule has 0 spiro atoms. The lowest BCUT2D eigenvalue weighted by Gasteiger charge is -2.04. The van der Waals surface area contributed by atoms with E-state index in [1.165, 1.54) is 15.7 Å². The molecule has 0 N–H and O–H groups in total. The predicted molar refractivity (Wildman–Crippen MR) is 76.7 cm³/mol. The molecule has 0 aliphatic heterocycles. The van der Waals surface area contributed by atoms with Crippen molar-refractivity contribution in [3.05, 3.63) is 60.7 Å². The van der Waals surface area contributed by atoms with Crippen LogP contribution in [0.25, 0.3) is 10.8 Å². The molecule has 0 amide bonds. The first kappa shape index (κ1) is 11.4. The number of thioether (sulfide) groups is 1. The molecule has 0 saturated heterocycles. The first-order valence-corrected chi connectivity index (χ1v) is 6.89. The van der Waals surface area contributed by atoms with E-state index in [0.717, 1.165) is 11.6 Å². The van der Waals surface area contributed by atoms with Crippen LogP contribution in [0.2, 0.25) is 0 Å². The summed E-state index contributed by atoms with van der Waals surface area (Å²) in [6, 6.07) is 15.0. The minimum Gasteiger partial charge on any atom is -0.337 e. The molecule has 3 rings (SSSR count). The molecule has 1 heterocycles. The molecule has 0 atom stereocenters. The van der Waals surface area contributed by atoms with Crippen molar-refractivity contribution in [2.45, 2.75) is 10.6 Å². The molecular weight excluding hydrogens is 240 g/mol. The second kappa shape index (κ2) is 4.86. The van der Waals surface area contributed by atoms with Crippen molar-refractivity contribution in [2.24, 2.45) is 7.05 Å². The zero-order valence-corrected chi connectivity index (χ0v) is 11.0. The van der Waals surface area contributed by atoms with Crippen LogP contribution in [0.15, 0.2) is 59.8 Å². The monoisotopic (exact) mass is 254 g/mol. The van der Waals surface area contributed by atoms with Gasteiger partial charge in [0.15, 0.2) is 0 Å². The van der Waals surface area contributed by atoms with Crippen LogP contribution in [0.3, 0.4) is 0 Å². The zero-order chi connectivity index (χ0) is 12.4. The van der Waals surface area contributed by atoms with Gasteiger partial charge >= 0.3 is 0 Å². The number of fused-ring (bicyclic) bond motifs is 1. The summed E-state index contributed by atoms with van der Waals surface area (Å²) in [7, 11) is 2.03. The van der Waals surface area contributed by atoms with Crippen molar-refractivity contribution in [3.63, 3.8) is 0 Å². The Morgan fingerprint density at radius 2 is 1.94 bits per heavy atom. The van der Waals surface area contributed by atoms with E-state index in [1.54, 1.807) is 0 Å². The maximum absolute atomic E-state index is 4.34. The van der Waals surface area contributed by atoms with Gasteiger partial charge < -0.3 is 4.57 Å². The van der Waals surface area contributed by atoms with E-state index in [2.05, 4.69) is 52.0 Å². The highest BCUT2D eigenvalue weighted by Crippen LogP contribution is 2.25. The van der Waals surface area contributed by atoms with Crippen LogP contribution in [0.5, 0.6) is 0 Å². The lowest BCUT2D eigenvalue weighted by molar-refractivity contribution is 0.849. The van der Waals surface area contributed by atoms with Crippen molar-refractivity contribution < 1.29 is 0 Å². The molecule has 18 heavy (non-hydrogen) atoms. The van der Waals surface area contributed by atoms with Crippen molar-refractivity contribution >= 4 is 22.5 Å². The molecule has 0 fully saturated rings. The zero-order valence-electron chi connectivity index (χ0n) is 10.2. The molecule has 0 bridgehead atoms. The van der Waals surface area contributed by atoms with Gasteiger partial charge in [-0.15, -0.1) is 11.8 Å². The molecule has 90 valence electrons. The van der Waals surface area contributed by atoms with Crippen molar-refractivity contribution in [3.8, 4) is 0 Å². The summed E-state index contributed by atoms with van der Waals surface area (Å²) < 4.78 is 2.06. The van der Waals surface area contributed by atoms with Crippen molar-refractivity contribution in [1.29, 1.82) is 0 Å². The average molecular weight is 254 g/mol. The van der Waals surface area contributed by atoms with Crippen LogP contribution < -0.4 is 0 Å².